The van der Waals surface area contributed by atoms with Crippen LogP contribution in [0.3, 0.4) is 0 Å². The van der Waals surface area contributed by atoms with Gasteiger partial charge in [-0.1, -0.05) is 44.2 Å². The molecule has 0 aliphatic carbocycles. The van der Waals surface area contributed by atoms with Crippen molar-refractivity contribution in [1.82, 2.24) is 9.97 Å². The van der Waals surface area contributed by atoms with Gasteiger partial charge in [0.05, 0.1) is 11.8 Å². The Morgan fingerprint density at radius 1 is 1.32 bits per heavy atom. The third-order valence-corrected chi connectivity index (χ3v) is 5.10. The first-order valence-corrected chi connectivity index (χ1v) is 10.5. The molecule has 0 fully saturated rings. The molecule has 1 unspecified atom stereocenters. The van der Waals surface area contributed by atoms with Crippen molar-refractivity contribution in [3.63, 3.8) is 0 Å². The van der Waals surface area contributed by atoms with Crippen LogP contribution < -0.4 is 15.8 Å². The molecule has 28 heavy (non-hydrogen) atoms. The topological polar surface area (TPSA) is 73.1 Å². The molecule has 5 nitrogen and oxygen atoms in total. The number of aromatic nitrogens is 2. The fourth-order valence-corrected chi connectivity index (χ4v) is 3.09. The van der Waals surface area contributed by atoms with Crippen LogP contribution in [0.2, 0.25) is 5.02 Å². The Balaban J connectivity index is 2.18. The van der Waals surface area contributed by atoms with E-state index in [1.807, 2.05) is 31.4 Å². The average Bonchev–Trinajstić information content (AvgIpc) is 3.12. The summed E-state index contributed by atoms with van der Waals surface area (Å²) in [6, 6.07) is 3.54. The molecule has 2 rings (SSSR count). The van der Waals surface area contributed by atoms with Crippen LogP contribution in [-0.2, 0) is 0 Å². The maximum atomic E-state index is 6.14. The molecule has 0 spiro atoms. The van der Waals surface area contributed by atoms with E-state index in [1.165, 1.54) is 11.3 Å². The average molecular weight is 419 g/mol. The van der Waals surface area contributed by atoms with Crippen molar-refractivity contribution in [2.45, 2.75) is 40.2 Å². The molecule has 0 saturated heterocycles. The van der Waals surface area contributed by atoms with Crippen LogP contribution in [0.15, 0.2) is 48.0 Å². The molecule has 0 saturated carbocycles. The number of thiazole rings is 1. The summed E-state index contributed by atoms with van der Waals surface area (Å²) < 4.78 is 5.63. The molecule has 0 amide bonds. The fourth-order valence-electron chi connectivity index (χ4n) is 2.22. The van der Waals surface area contributed by atoms with Crippen molar-refractivity contribution in [1.29, 1.82) is 0 Å². The highest BCUT2D eigenvalue weighted by atomic mass is 35.5. The number of ether oxygens (including phenoxy) is 1. The van der Waals surface area contributed by atoms with Crippen LogP contribution in [0.4, 0.5) is 10.9 Å². The van der Waals surface area contributed by atoms with Crippen LogP contribution in [0, 0.1) is 5.92 Å². The molecule has 3 N–H and O–H groups in total. The van der Waals surface area contributed by atoms with Crippen LogP contribution >= 0.6 is 22.9 Å². The van der Waals surface area contributed by atoms with E-state index >= 15 is 0 Å². The summed E-state index contributed by atoms with van der Waals surface area (Å²) in [5, 5.41) is 6.34. The van der Waals surface area contributed by atoms with Gasteiger partial charge in [-0.05, 0) is 44.4 Å². The maximum Gasteiger partial charge on any atom is 0.234 e. The van der Waals surface area contributed by atoms with Gasteiger partial charge in [-0.2, -0.15) is 4.98 Å². The van der Waals surface area contributed by atoms with Gasteiger partial charge in [-0.25, -0.2) is 4.98 Å². The molecular weight excluding hydrogens is 392 g/mol. The minimum atomic E-state index is -0.0112. The summed E-state index contributed by atoms with van der Waals surface area (Å²) in [4.78, 5) is 9.03. The van der Waals surface area contributed by atoms with Crippen molar-refractivity contribution in [3.05, 3.63) is 58.7 Å². The smallest absolute Gasteiger partial charge is 0.234 e. The molecule has 2 heterocycles. The number of hydrogen-bond acceptors (Lipinski definition) is 6. The summed E-state index contributed by atoms with van der Waals surface area (Å²) in [7, 11) is 0. The second-order valence-corrected chi connectivity index (χ2v) is 7.88. The number of nitrogens with one attached hydrogen (secondary N) is 1. The fraction of sp³-hybridized carbons (Fsp3) is 0.333. The lowest BCUT2D eigenvalue weighted by atomic mass is 10.0. The minimum Gasteiger partial charge on any atom is -0.474 e. The van der Waals surface area contributed by atoms with E-state index in [0.29, 0.717) is 27.8 Å². The first kappa shape index (κ1) is 22.0. The number of pyridine rings is 1. The van der Waals surface area contributed by atoms with Gasteiger partial charge in [-0.3, -0.25) is 0 Å². The second-order valence-electron chi connectivity index (χ2n) is 6.62. The number of nitrogens with zero attached hydrogens (tertiary/aromatic N) is 2. The van der Waals surface area contributed by atoms with Gasteiger partial charge in [0, 0.05) is 16.7 Å². The van der Waals surface area contributed by atoms with Gasteiger partial charge in [-0.15, -0.1) is 11.3 Å². The standard InChI is InChI=1S/C21H27ClN4OS/c1-6-14(5)17(23)10-8-15(7-2)18-12-28-21(24-18)26-19-11-9-16(22)20(25-19)27-13(3)4/h7-14H,2,6,23H2,1,3-5H3,(H,24,25,26)/b15-8+,17-10+. The highest BCUT2D eigenvalue weighted by Crippen LogP contribution is 2.28. The van der Waals surface area contributed by atoms with Gasteiger partial charge in [0.1, 0.15) is 10.8 Å². The number of anilines is 2. The zero-order chi connectivity index (χ0) is 20.7. The Morgan fingerprint density at radius 2 is 2.07 bits per heavy atom. The molecular formula is C21H27ClN4OS. The predicted octanol–water partition coefficient (Wildman–Crippen LogP) is 6.18. The molecule has 1 atom stereocenters. The Morgan fingerprint density at radius 3 is 2.71 bits per heavy atom. The quantitative estimate of drug-likeness (QED) is 0.475. The van der Waals surface area contributed by atoms with E-state index in [9.17, 15) is 0 Å². The Labute approximate surface area is 176 Å². The summed E-state index contributed by atoms with van der Waals surface area (Å²) in [5.41, 5.74) is 8.67. The third kappa shape index (κ3) is 6.11. The molecule has 150 valence electrons. The zero-order valence-corrected chi connectivity index (χ0v) is 18.3. The molecule has 0 aliphatic rings. The largest absolute Gasteiger partial charge is 0.474 e. The summed E-state index contributed by atoms with van der Waals surface area (Å²) in [6.07, 6.45) is 6.63. The first-order chi connectivity index (χ1) is 13.3. The molecule has 0 aromatic carbocycles. The van der Waals surface area contributed by atoms with Crippen molar-refractivity contribution in [3.8, 4) is 5.88 Å². The number of rotatable bonds is 9. The van der Waals surface area contributed by atoms with E-state index < -0.39 is 0 Å². The van der Waals surface area contributed by atoms with Crippen molar-refractivity contribution < 1.29 is 4.74 Å². The lowest BCUT2D eigenvalue weighted by Crippen LogP contribution is -2.08. The van der Waals surface area contributed by atoms with Gasteiger partial charge in [0.15, 0.2) is 5.13 Å². The predicted molar refractivity (Wildman–Crippen MR) is 120 cm³/mol. The molecule has 7 heteroatoms. The van der Waals surface area contributed by atoms with E-state index in [0.717, 1.165) is 23.4 Å². The zero-order valence-electron chi connectivity index (χ0n) is 16.7. The van der Waals surface area contributed by atoms with Gasteiger partial charge >= 0.3 is 0 Å². The Hall–Kier alpha value is -2.31. The monoisotopic (exact) mass is 418 g/mol. The number of halogens is 1. The van der Waals surface area contributed by atoms with Crippen molar-refractivity contribution in [2.24, 2.45) is 11.7 Å². The number of allylic oxidation sites excluding steroid dienone is 5. The minimum absolute atomic E-state index is 0.0112. The van der Waals surface area contributed by atoms with Gasteiger partial charge < -0.3 is 15.8 Å². The van der Waals surface area contributed by atoms with Crippen LogP contribution in [0.5, 0.6) is 5.88 Å². The molecule has 0 aliphatic heterocycles. The Kier molecular flexibility index (Phi) is 8.08. The van der Waals surface area contributed by atoms with E-state index in [2.05, 4.69) is 35.7 Å². The van der Waals surface area contributed by atoms with E-state index in [1.54, 1.807) is 18.2 Å². The number of nitrogens with two attached hydrogens (primary N) is 1. The van der Waals surface area contributed by atoms with E-state index in [-0.39, 0.29) is 6.10 Å². The molecule has 0 radical (unpaired) electrons. The van der Waals surface area contributed by atoms with Crippen LogP contribution in [0.1, 0.15) is 39.8 Å². The second kappa shape index (κ2) is 10.3. The van der Waals surface area contributed by atoms with Crippen LogP contribution in [0.25, 0.3) is 5.57 Å². The molecule has 2 aromatic heterocycles. The summed E-state index contributed by atoms with van der Waals surface area (Å²) >= 11 is 7.62. The van der Waals surface area contributed by atoms with Crippen LogP contribution in [-0.4, -0.2) is 16.1 Å². The SMILES string of the molecule is C=C/C(=C\C=C(\N)C(C)CC)c1csc(Nc2ccc(Cl)c(OC(C)C)n2)n1. The first-order valence-electron chi connectivity index (χ1n) is 9.19. The highest BCUT2D eigenvalue weighted by Gasteiger charge is 2.10. The molecule has 0 bridgehead atoms. The Bertz CT molecular complexity index is 873. The third-order valence-electron chi connectivity index (χ3n) is 4.05. The van der Waals surface area contributed by atoms with Gasteiger partial charge in [0.25, 0.3) is 0 Å². The molecule has 2 aromatic rings. The van der Waals surface area contributed by atoms with Gasteiger partial charge in [0.2, 0.25) is 5.88 Å². The van der Waals surface area contributed by atoms with Crippen molar-refractivity contribution >= 4 is 39.5 Å². The number of hydrogen-bond donors (Lipinski definition) is 2. The lowest BCUT2D eigenvalue weighted by Gasteiger charge is -2.11. The maximum absolute atomic E-state index is 6.14. The normalized spacial score (nSPS) is 13.5. The highest BCUT2D eigenvalue weighted by molar-refractivity contribution is 7.13. The van der Waals surface area contributed by atoms with E-state index in [4.69, 9.17) is 22.1 Å². The van der Waals surface area contributed by atoms with Crippen molar-refractivity contribution in [2.75, 3.05) is 5.32 Å². The summed E-state index contributed by atoms with van der Waals surface area (Å²) in [5.74, 6) is 1.36. The lowest BCUT2D eigenvalue weighted by molar-refractivity contribution is 0.233. The summed E-state index contributed by atoms with van der Waals surface area (Å²) in [6.45, 7) is 12.0.